The lowest BCUT2D eigenvalue weighted by atomic mass is 10.1. The van der Waals surface area contributed by atoms with E-state index in [1.807, 2.05) is 0 Å². The quantitative estimate of drug-likeness (QED) is 0.438. The highest BCUT2D eigenvalue weighted by Crippen LogP contribution is 2.27. The topological polar surface area (TPSA) is 81.8 Å². The summed E-state index contributed by atoms with van der Waals surface area (Å²) in [5.41, 5.74) is 3.09. The van der Waals surface area contributed by atoms with Crippen LogP contribution in [0.25, 0.3) is 0 Å². The first-order valence-electron chi connectivity index (χ1n) is 10.3. The lowest BCUT2D eigenvalue weighted by molar-refractivity contribution is -0.124. The summed E-state index contributed by atoms with van der Waals surface area (Å²) in [6.45, 7) is 0. The van der Waals surface area contributed by atoms with E-state index in [1.165, 1.54) is 30.3 Å². The molecule has 35 heavy (non-hydrogen) atoms. The van der Waals surface area contributed by atoms with Crippen LogP contribution in [0, 0.1) is 11.6 Å². The number of benzene rings is 3. The number of nitrogens with zero attached hydrogens (tertiary/aromatic N) is 2. The second-order valence-corrected chi connectivity index (χ2v) is 8.78. The van der Waals surface area contributed by atoms with E-state index in [0.717, 1.165) is 26.5 Å². The third kappa shape index (κ3) is 5.36. The fourth-order valence-electron chi connectivity index (χ4n) is 3.44. The fourth-order valence-corrected chi connectivity index (χ4v) is 4.07. The van der Waals surface area contributed by atoms with E-state index in [1.54, 1.807) is 30.3 Å². The number of hydrazine groups is 1. The molecule has 0 bridgehead atoms. The molecule has 0 radical (unpaired) electrons. The Bertz CT molecular complexity index is 1300. The van der Waals surface area contributed by atoms with Crippen molar-refractivity contribution in [1.29, 1.82) is 0 Å². The Morgan fingerprint density at radius 3 is 2.29 bits per heavy atom. The normalized spacial score (nSPS) is 15.3. The number of nitrogens with one attached hydrogen (secondary N) is 2. The Labute approximate surface area is 212 Å². The first-order chi connectivity index (χ1) is 16.7. The van der Waals surface area contributed by atoms with Crippen molar-refractivity contribution < 1.29 is 23.2 Å². The predicted molar refractivity (Wildman–Crippen MR) is 133 cm³/mol. The van der Waals surface area contributed by atoms with E-state index in [2.05, 4.69) is 26.7 Å². The molecule has 1 atom stereocenters. The molecular formula is C24H17BrF2N4O3S. The van der Waals surface area contributed by atoms with Gasteiger partial charge in [0, 0.05) is 10.0 Å². The minimum Gasteiger partial charge on any atom is -0.324 e. The van der Waals surface area contributed by atoms with E-state index in [-0.39, 0.29) is 16.5 Å². The molecule has 1 saturated heterocycles. The van der Waals surface area contributed by atoms with Crippen molar-refractivity contribution in [3.63, 3.8) is 0 Å². The number of thiocarbonyl (C=S) groups is 1. The number of anilines is 2. The van der Waals surface area contributed by atoms with Crippen molar-refractivity contribution in [3.05, 3.63) is 94.5 Å². The summed E-state index contributed by atoms with van der Waals surface area (Å²) in [6, 6.07) is 15.9. The van der Waals surface area contributed by atoms with Gasteiger partial charge in [-0.3, -0.25) is 24.7 Å². The summed E-state index contributed by atoms with van der Waals surface area (Å²) in [4.78, 5) is 40.0. The maximum atomic E-state index is 14.0. The number of carbonyl (C=O) groups is 3. The molecule has 0 saturated carbocycles. The van der Waals surface area contributed by atoms with Gasteiger partial charge < -0.3 is 5.32 Å². The number of hydrogen-bond donors (Lipinski definition) is 2. The summed E-state index contributed by atoms with van der Waals surface area (Å²) in [5, 5.41) is 3.44. The fraction of sp³-hybridized carbons (Fsp3) is 0.0833. The van der Waals surface area contributed by atoms with E-state index in [0.29, 0.717) is 5.56 Å². The van der Waals surface area contributed by atoms with Crippen LogP contribution in [-0.2, 0) is 9.59 Å². The Morgan fingerprint density at radius 2 is 1.63 bits per heavy atom. The van der Waals surface area contributed by atoms with Gasteiger partial charge in [-0.2, -0.15) is 0 Å². The van der Waals surface area contributed by atoms with Crippen LogP contribution in [0.5, 0.6) is 0 Å². The van der Waals surface area contributed by atoms with Gasteiger partial charge >= 0.3 is 0 Å². The van der Waals surface area contributed by atoms with Crippen molar-refractivity contribution in [1.82, 2.24) is 10.4 Å². The van der Waals surface area contributed by atoms with Gasteiger partial charge in [0.25, 0.3) is 11.8 Å². The first kappa shape index (κ1) is 24.4. The molecule has 1 aliphatic heterocycles. The Kier molecular flexibility index (Phi) is 7.17. The van der Waals surface area contributed by atoms with Crippen molar-refractivity contribution >= 4 is 62.4 Å². The average Bonchev–Trinajstić information content (AvgIpc) is 3.05. The Balaban J connectivity index is 1.61. The Hall–Kier alpha value is -3.70. The number of halogens is 3. The molecule has 11 heteroatoms. The molecular weight excluding hydrogens is 542 g/mol. The van der Waals surface area contributed by atoms with E-state index >= 15 is 0 Å². The molecule has 1 fully saturated rings. The minimum atomic E-state index is -1.22. The molecule has 0 spiro atoms. The molecule has 7 nitrogen and oxygen atoms in total. The van der Waals surface area contributed by atoms with Crippen LogP contribution in [0.3, 0.4) is 0 Å². The third-order valence-corrected chi connectivity index (χ3v) is 6.06. The zero-order valence-corrected chi connectivity index (χ0v) is 20.3. The molecule has 1 unspecified atom stereocenters. The van der Waals surface area contributed by atoms with Crippen LogP contribution in [0.15, 0.2) is 77.3 Å². The van der Waals surface area contributed by atoms with Crippen molar-refractivity contribution in [2.45, 2.75) is 12.5 Å². The van der Waals surface area contributed by atoms with Crippen LogP contribution in [-0.4, -0.2) is 33.9 Å². The van der Waals surface area contributed by atoms with Gasteiger partial charge in [-0.1, -0.05) is 28.1 Å². The molecule has 1 aliphatic rings. The number of rotatable bonds is 6. The van der Waals surface area contributed by atoms with Gasteiger partial charge in [-0.15, -0.1) is 0 Å². The van der Waals surface area contributed by atoms with Crippen LogP contribution < -0.4 is 15.6 Å². The molecule has 178 valence electrons. The second kappa shape index (κ2) is 10.3. The molecule has 3 amide bonds. The summed E-state index contributed by atoms with van der Waals surface area (Å²) in [6.07, 6.45) is -0.439. The maximum absolute atomic E-state index is 14.0. The van der Waals surface area contributed by atoms with Crippen molar-refractivity contribution in [3.8, 4) is 0 Å². The largest absolute Gasteiger partial charge is 0.324 e. The lowest BCUT2D eigenvalue weighted by Gasteiger charge is -2.24. The van der Waals surface area contributed by atoms with Crippen LogP contribution in [0.4, 0.5) is 20.2 Å². The smallest absolute Gasteiger partial charge is 0.269 e. The van der Waals surface area contributed by atoms with Crippen LogP contribution in [0.2, 0.25) is 0 Å². The van der Waals surface area contributed by atoms with Crippen LogP contribution >= 0.6 is 28.1 Å². The second-order valence-electron chi connectivity index (χ2n) is 7.50. The van der Waals surface area contributed by atoms with E-state index in [4.69, 9.17) is 12.2 Å². The van der Waals surface area contributed by atoms with Gasteiger partial charge in [0.05, 0.1) is 17.8 Å². The van der Waals surface area contributed by atoms with Gasteiger partial charge in [0.15, 0.2) is 0 Å². The summed E-state index contributed by atoms with van der Waals surface area (Å²) in [7, 11) is 0. The molecule has 2 N–H and O–H groups in total. The van der Waals surface area contributed by atoms with Crippen LogP contribution in [0.1, 0.15) is 16.8 Å². The molecule has 3 aromatic rings. The van der Waals surface area contributed by atoms with E-state index in [9.17, 15) is 23.2 Å². The zero-order chi connectivity index (χ0) is 25.1. The lowest BCUT2D eigenvalue weighted by Crippen LogP contribution is -2.49. The van der Waals surface area contributed by atoms with Crippen molar-refractivity contribution in [2.75, 3.05) is 10.2 Å². The molecule has 1 heterocycles. The number of para-hydroxylation sites is 1. The van der Waals surface area contributed by atoms with E-state index < -0.39 is 41.8 Å². The monoisotopic (exact) mass is 558 g/mol. The molecule has 0 aliphatic carbocycles. The Morgan fingerprint density at radius 1 is 0.971 bits per heavy atom. The van der Waals surface area contributed by atoms with Gasteiger partial charge in [0.1, 0.15) is 17.7 Å². The average molecular weight is 559 g/mol. The summed E-state index contributed by atoms with van der Waals surface area (Å²) in [5.74, 6) is -2.98. The van der Waals surface area contributed by atoms with Gasteiger partial charge in [-0.05, 0) is 72.9 Å². The first-order valence-corrected chi connectivity index (χ1v) is 11.5. The molecule has 4 rings (SSSR count). The van der Waals surface area contributed by atoms with Gasteiger partial charge in [-0.25, -0.2) is 13.8 Å². The number of carbonyl (C=O) groups excluding carboxylic acids is 3. The molecule has 3 aromatic carbocycles. The van der Waals surface area contributed by atoms with Gasteiger partial charge in [0.2, 0.25) is 11.0 Å². The highest BCUT2D eigenvalue weighted by molar-refractivity contribution is 9.10. The number of amides is 3. The van der Waals surface area contributed by atoms with Crippen molar-refractivity contribution in [2.24, 2.45) is 0 Å². The minimum absolute atomic E-state index is 0.0497. The summed E-state index contributed by atoms with van der Waals surface area (Å²) < 4.78 is 28.2. The predicted octanol–water partition coefficient (Wildman–Crippen LogP) is 4.40. The standard InChI is InChI=1S/C24H17BrF2N4O3S/c25-15-7-5-14(6-8-15)22(33)29-31-20(13-21(32)28-19-4-2-1-3-18(19)27)23(34)30(24(31)35)17-11-9-16(26)10-12-17/h1-12,20H,13H2,(H,28,32)(H,29,33). The number of hydrogen-bond acceptors (Lipinski definition) is 4. The summed E-state index contributed by atoms with van der Waals surface area (Å²) >= 11 is 8.74. The highest BCUT2D eigenvalue weighted by atomic mass is 79.9. The SMILES string of the molecule is O=C(CC1C(=O)N(c2ccc(F)cc2)C(=S)N1NC(=O)c1ccc(Br)cc1)Nc1ccccc1F. The third-order valence-electron chi connectivity index (χ3n) is 5.15. The maximum Gasteiger partial charge on any atom is 0.269 e. The zero-order valence-electron chi connectivity index (χ0n) is 17.9. The molecule has 0 aromatic heterocycles. The highest BCUT2D eigenvalue weighted by Gasteiger charge is 2.45.